The van der Waals surface area contributed by atoms with E-state index in [-0.39, 0.29) is 0 Å². The van der Waals surface area contributed by atoms with Crippen molar-refractivity contribution >= 4 is 6.29 Å². The highest BCUT2D eigenvalue weighted by atomic mass is 16.1. The first-order valence-electron chi connectivity index (χ1n) is 9.91. The molecule has 1 nitrogen and oxygen atoms in total. The summed E-state index contributed by atoms with van der Waals surface area (Å²) in [5.41, 5.74) is 2.08. The van der Waals surface area contributed by atoms with Crippen molar-refractivity contribution in [3.8, 4) is 0 Å². The summed E-state index contributed by atoms with van der Waals surface area (Å²) in [5.74, 6) is 0. The number of carbonyl (C=O) groups excluding carboxylic acids is 1. The summed E-state index contributed by atoms with van der Waals surface area (Å²) in [6.07, 6.45) is 20.0. The molecule has 0 radical (unpaired) electrons. The minimum atomic E-state index is 0.867. The van der Waals surface area contributed by atoms with Crippen LogP contribution >= 0.6 is 0 Å². The van der Waals surface area contributed by atoms with Crippen LogP contribution in [0.2, 0.25) is 0 Å². The van der Waals surface area contributed by atoms with Gasteiger partial charge in [-0.15, -0.1) is 0 Å². The molecule has 23 heavy (non-hydrogen) atoms. The fourth-order valence-corrected chi connectivity index (χ4v) is 3.21. The lowest BCUT2D eigenvalue weighted by molar-refractivity contribution is 0.112. The molecule has 0 saturated carbocycles. The van der Waals surface area contributed by atoms with Gasteiger partial charge in [0.2, 0.25) is 0 Å². The Morgan fingerprint density at radius 1 is 0.696 bits per heavy atom. The Labute approximate surface area is 143 Å². The van der Waals surface area contributed by atoms with Crippen LogP contribution < -0.4 is 0 Å². The van der Waals surface area contributed by atoms with Crippen LogP contribution in [0.1, 0.15) is 106 Å². The molecule has 0 aliphatic heterocycles. The molecule has 1 rings (SSSR count). The van der Waals surface area contributed by atoms with E-state index in [2.05, 4.69) is 13.0 Å². The second kappa shape index (κ2) is 14.5. The third-order valence-corrected chi connectivity index (χ3v) is 4.73. The number of hydrogen-bond acceptors (Lipinski definition) is 1. The van der Waals surface area contributed by atoms with Crippen LogP contribution in [0.25, 0.3) is 0 Å². The van der Waals surface area contributed by atoms with Gasteiger partial charge in [-0.05, 0) is 18.4 Å². The second-order valence-corrected chi connectivity index (χ2v) is 6.81. The zero-order valence-corrected chi connectivity index (χ0v) is 15.2. The minimum absolute atomic E-state index is 0.867. The van der Waals surface area contributed by atoms with Crippen molar-refractivity contribution in [2.24, 2.45) is 0 Å². The molecule has 1 heteroatoms. The number of unbranched alkanes of at least 4 members (excludes halogenated alkanes) is 12. The highest BCUT2D eigenvalue weighted by Crippen LogP contribution is 2.14. The molecule has 1 aromatic rings. The SMILES string of the molecule is CCCCCCCCCCCCCCCc1ccccc1C=O. The van der Waals surface area contributed by atoms with E-state index >= 15 is 0 Å². The summed E-state index contributed by atoms with van der Waals surface area (Å²) in [4.78, 5) is 11.0. The van der Waals surface area contributed by atoms with E-state index in [0.29, 0.717) is 0 Å². The molecule has 1 aromatic carbocycles. The molecule has 0 aliphatic carbocycles. The lowest BCUT2D eigenvalue weighted by Crippen LogP contribution is -1.92. The van der Waals surface area contributed by atoms with Gasteiger partial charge in [-0.2, -0.15) is 0 Å². The Morgan fingerprint density at radius 3 is 1.70 bits per heavy atom. The molecule has 0 heterocycles. The predicted octanol–water partition coefficient (Wildman–Crippen LogP) is 7.13. The lowest BCUT2D eigenvalue weighted by Gasteiger charge is -2.05. The maximum absolute atomic E-state index is 11.0. The van der Waals surface area contributed by atoms with Crippen LogP contribution in [0.3, 0.4) is 0 Å². The highest BCUT2D eigenvalue weighted by molar-refractivity contribution is 5.77. The third kappa shape index (κ3) is 10.3. The Balaban J connectivity index is 1.87. The Bertz CT molecular complexity index is 397. The highest BCUT2D eigenvalue weighted by Gasteiger charge is 2.00. The lowest BCUT2D eigenvalue weighted by atomic mass is 10.0. The van der Waals surface area contributed by atoms with Gasteiger partial charge < -0.3 is 0 Å². The smallest absolute Gasteiger partial charge is 0.150 e. The number of aryl methyl sites for hydroxylation is 1. The summed E-state index contributed by atoms with van der Waals surface area (Å²) >= 11 is 0. The molecule has 0 aliphatic rings. The van der Waals surface area contributed by atoms with E-state index in [4.69, 9.17) is 0 Å². The first kappa shape index (κ1) is 19.9. The number of hydrogen-bond donors (Lipinski definition) is 0. The molecule has 0 atom stereocenters. The van der Waals surface area contributed by atoms with Gasteiger partial charge in [0.05, 0.1) is 0 Å². The van der Waals surface area contributed by atoms with Crippen LogP contribution in [0, 0.1) is 0 Å². The van der Waals surface area contributed by atoms with Crippen molar-refractivity contribution in [1.29, 1.82) is 0 Å². The van der Waals surface area contributed by atoms with Gasteiger partial charge in [-0.25, -0.2) is 0 Å². The Kier molecular flexibility index (Phi) is 12.6. The zero-order chi connectivity index (χ0) is 16.6. The van der Waals surface area contributed by atoms with Crippen LogP contribution in [0.15, 0.2) is 24.3 Å². The van der Waals surface area contributed by atoms with Crippen molar-refractivity contribution in [2.75, 3.05) is 0 Å². The van der Waals surface area contributed by atoms with E-state index in [1.807, 2.05) is 18.2 Å². The molecule has 0 bridgehead atoms. The van der Waals surface area contributed by atoms with Crippen molar-refractivity contribution in [3.63, 3.8) is 0 Å². The number of rotatable bonds is 15. The van der Waals surface area contributed by atoms with Crippen LogP contribution in [0.4, 0.5) is 0 Å². The van der Waals surface area contributed by atoms with Gasteiger partial charge in [-0.3, -0.25) is 4.79 Å². The van der Waals surface area contributed by atoms with Crippen LogP contribution in [-0.2, 0) is 6.42 Å². The van der Waals surface area contributed by atoms with Gasteiger partial charge in [0.25, 0.3) is 0 Å². The second-order valence-electron chi connectivity index (χ2n) is 6.81. The van der Waals surface area contributed by atoms with Gasteiger partial charge >= 0.3 is 0 Å². The summed E-state index contributed by atoms with van der Waals surface area (Å²) < 4.78 is 0. The molecule has 130 valence electrons. The van der Waals surface area contributed by atoms with Crippen LogP contribution in [-0.4, -0.2) is 6.29 Å². The fourth-order valence-electron chi connectivity index (χ4n) is 3.21. The summed E-state index contributed by atoms with van der Waals surface area (Å²) in [7, 11) is 0. The average molecular weight is 317 g/mol. The van der Waals surface area contributed by atoms with Crippen molar-refractivity contribution in [1.82, 2.24) is 0 Å². The summed E-state index contributed by atoms with van der Waals surface area (Å²) in [6, 6.07) is 7.98. The Morgan fingerprint density at radius 2 is 1.17 bits per heavy atom. The van der Waals surface area contributed by atoms with E-state index in [1.54, 1.807) is 0 Å². The normalized spacial score (nSPS) is 10.8. The maximum Gasteiger partial charge on any atom is 0.150 e. The molecule has 0 unspecified atom stereocenters. The number of aldehydes is 1. The Hall–Kier alpha value is -1.11. The fraction of sp³-hybridized carbons (Fsp3) is 0.682. The third-order valence-electron chi connectivity index (χ3n) is 4.73. The summed E-state index contributed by atoms with van der Waals surface area (Å²) in [6.45, 7) is 2.28. The quantitative estimate of drug-likeness (QED) is 0.248. The molecular formula is C22H36O. The monoisotopic (exact) mass is 316 g/mol. The van der Waals surface area contributed by atoms with E-state index < -0.39 is 0 Å². The first-order chi connectivity index (χ1) is 11.4. The molecule has 0 amide bonds. The average Bonchev–Trinajstić information content (AvgIpc) is 2.59. The van der Waals surface area contributed by atoms with E-state index in [1.165, 1.54) is 89.0 Å². The van der Waals surface area contributed by atoms with Gasteiger partial charge in [0.15, 0.2) is 0 Å². The van der Waals surface area contributed by atoms with Crippen molar-refractivity contribution < 1.29 is 4.79 Å². The number of carbonyl (C=O) groups is 1. The number of benzene rings is 1. The van der Waals surface area contributed by atoms with E-state index in [9.17, 15) is 4.79 Å². The van der Waals surface area contributed by atoms with Crippen molar-refractivity contribution in [3.05, 3.63) is 35.4 Å². The van der Waals surface area contributed by atoms with E-state index in [0.717, 1.165) is 18.3 Å². The van der Waals surface area contributed by atoms with Crippen molar-refractivity contribution in [2.45, 2.75) is 96.8 Å². The minimum Gasteiger partial charge on any atom is -0.298 e. The van der Waals surface area contributed by atoms with Gasteiger partial charge in [-0.1, -0.05) is 108 Å². The largest absolute Gasteiger partial charge is 0.298 e. The molecule has 0 spiro atoms. The topological polar surface area (TPSA) is 17.1 Å². The van der Waals surface area contributed by atoms with Gasteiger partial charge in [0, 0.05) is 5.56 Å². The molecule has 0 fully saturated rings. The zero-order valence-electron chi connectivity index (χ0n) is 15.2. The molecular weight excluding hydrogens is 280 g/mol. The standard InChI is InChI=1S/C22H36O/c1-2-3-4-5-6-7-8-9-10-11-12-13-14-17-21-18-15-16-19-22(21)20-23/h15-16,18-20H,2-14,17H2,1H3. The maximum atomic E-state index is 11.0. The first-order valence-corrected chi connectivity index (χ1v) is 9.91. The molecule has 0 N–H and O–H groups in total. The van der Waals surface area contributed by atoms with Crippen LogP contribution in [0.5, 0.6) is 0 Å². The summed E-state index contributed by atoms with van der Waals surface area (Å²) in [5, 5.41) is 0. The molecule has 0 aromatic heterocycles. The molecule has 0 saturated heterocycles. The predicted molar refractivity (Wildman–Crippen MR) is 101 cm³/mol. The van der Waals surface area contributed by atoms with Gasteiger partial charge in [0.1, 0.15) is 6.29 Å².